The lowest BCUT2D eigenvalue weighted by molar-refractivity contribution is -0.103. The molecular weight excluding hydrogens is 172 g/mol. The fourth-order valence-corrected chi connectivity index (χ4v) is 1.21. The zero-order chi connectivity index (χ0) is 8.97. The molecule has 0 heterocycles. The van der Waals surface area contributed by atoms with E-state index in [1.54, 1.807) is 6.07 Å². The van der Waals surface area contributed by atoms with Gasteiger partial charge in [-0.3, -0.25) is 4.79 Å². The Balaban J connectivity index is 3.08. The molecule has 60 valence electrons. The van der Waals surface area contributed by atoms with Gasteiger partial charge in [-0.1, -0.05) is 17.5 Å². The van der Waals surface area contributed by atoms with Crippen LogP contribution in [0.4, 0.5) is 0 Å². The molecule has 1 nitrogen and oxygen atoms in total. The Kier molecular flexibility index (Phi) is 2.90. The molecule has 0 N–H and O–H groups in total. The molecule has 0 aliphatic carbocycles. The van der Waals surface area contributed by atoms with Gasteiger partial charge in [-0.2, -0.15) is 0 Å². The first-order chi connectivity index (χ1) is 5.72. The second-order valence-corrected chi connectivity index (χ2v) is 2.84. The van der Waals surface area contributed by atoms with Crippen LogP contribution in [0, 0.1) is 18.8 Å². The molecule has 12 heavy (non-hydrogen) atoms. The maximum Gasteiger partial charge on any atom is 0.193 e. The van der Waals surface area contributed by atoms with Crippen LogP contribution in [0.1, 0.15) is 11.1 Å². The molecule has 1 rings (SSSR count). The quantitative estimate of drug-likeness (QED) is 0.440. The molecule has 0 aliphatic heterocycles. The van der Waals surface area contributed by atoms with Gasteiger partial charge in [0.05, 0.1) is 0 Å². The number of halogens is 1. The molecule has 2 heteroatoms. The van der Waals surface area contributed by atoms with E-state index < -0.39 is 0 Å². The van der Waals surface area contributed by atoms with Gasteiger partial charge in [-0.15, -0.1) is 0 Å². The van der Waals surface area contributed by atoms with Crippen LogP contribution in [0.5, 0.6) is 0 Å². The normalized spacial score (nSPS) is 8.50. The van der Waals surface area contributed by atoms with Crippen LogP contribution in [0.25, 0.3) is 0 Å². The minimum Gasteiger partial charge on any atom is -0.289 e. The van der Waals surface area contributed by atoms with Gasteiger partial charge < -0.3 is 0 Å². The molecule has 0 unspecified atom stereocenters. The molecule has 1 aromatic carbocycles. The Hall–Kier alpha value is -1.26. The summed E-state index contributed by atoms with van der Waals surface area (Å²) in [5.74, 6) is 5.00. The molecule has 0 aromatic heterocycles. The van der Waals surface area contributed by atoms with Gasteiger partial charge in [0, 0.05) is 10.6 Å². The predicted molar refractivity (Wildman–Crippen MR) is 49.1 cm³/mol. The van der Waals surface area contributed by atoms with E-state index in [2.05, 4.69) is 11.8 Å². The van der Waals surface area contributed by atoms with Gasteiger partial charge in [0.25, 0.3) is 0 Å². The van der Waals surface area contributed by atoms with Crippen LogP contribution in [0.3, 0.4) is 0 Å². The summed E-state index contributed by atoms with van der Waals surface area (Å²) < 4.78 is 0. The third-order valence-corrected chi connectivity index (χ3v) is 1.54. The molecule has 0 aliphatic rings. The highest BCUT2D eigenvalue weighted by molar-refractivity contribution is 6.30. The van der Waals surface area contributed by atoms with E-state index >= 15 is 0 Å². The second kappa shape index (κ2) is 3.94. The summed E-state index contributed by atoms with van der Waals surface area (Å²) in [5, 5.41) is 0.644. The average molecular weight is 179 g/mol. The number of aldehydes is 1. The van der Waals surface area contributed by atoms with E-state index in [9.17, 15) is 4.79 Å². The van der Waals surface area contributed by atoms with Gasteiger partial charge in [-0.05, 0) is 36.6 Å². The van der Waals surface area contributed by atoms with E-state index in [-0.39, 0.29) is 0 Å². The zero-order valence-corrected chi connectivity index (χ0v) is 7.35. The Morgan fingerprint density at radius 3 is 2.75 bits per heavy atom. The summed E-state index contributed by atoms with van der Waals surface area (Å²) in [6, 6.07) is 5.45. The van der Waals surface area contributed by atoms with Gasteiger partial charge in [0.2, 0.25) is 0 Å². The van der Waals surface area contributed by atoms with Crippen molar-refractivity contribution in [3.8, 4) is 11.8 Å². The van der Waals surface area contributed by atoms with Crippen molar-refractivity contribution in [3.63, 3.8) is 0 Å². The molecule has 0 fully saturated rings. The van der Waals surface area contributed by atoms with Crippen molar-refractivity contribution in [1.29, 1.82) is 0 Å². The highest BCUT2D eigenvalue weighted by Gasteiger charge is 1.92. The van der Waals surface area contributed by atoms with Crippen molar-refractivity contribution in [1.82, 2.24) is 0 Å². The standard InChI is InChI=1S/C10H7ClO/c1-8-5-9(3-2-4-12)7-10(11)6-8/h4-7H,1H3. The summed E-state index contributed by atoms with van der Waals surface area (Å²) in [6.45, 7) is 1.93. The summed E-state index contributed by atoms with van der Waals surface area (Å²) in [4.78, 5) is 9.94. The van der Waals surface area contributed by atoms with Gasteiger partial charge in [-0.25, -0.2) is 0 Å². The number of aryl methyl sites for hydroxylation is 1. The van der Waals surface area contributed by atoms with Crippen molar-refractivity contribution < 1.29 is 4.79 Å². The van der Waals surface area contributed by atoms with E-state index in [4.69, 9.17) is 11.6 Å². The van der Waals surface area contributed by atoms with Gasteiger partial charge in [0.1, 0.15) is 0 Å². The van der Waals surface area contributed by atoms with E-state index in [1.165, 1.54) is 0 Å². The molecule has 0 spiro atoms. The Morgan fingerprint density at radius 2 is 2.17 bits per heavy atom. The lowest BCUT2D eigenvalue weighted by atomic mass is 10.1. The molecule has 1 aromatic rings. The fraction of sp³-hybridized carbons (Fsp3) is 0.100. The topological polar surface area (TPSA) is 17.1 Å². The van der Waals surface area contributed by atoms with E-state index in [0.717, 1.165) is 11.1 Å². The minimum atomic E-state index is 0.566. The van der Waals surface area contributed by atoms with Crippen molar-refractivity contribution in [2.45, 2.75) is 6.92 Å². The number of hydrogen-bond donors (Lipinski definition) is 0. The number of carbonyl (C=O) groups excluding carboxylic acids is 1. The van der Waals surface area contributed by atoms with Crippen molar-refractivity contribution >= 4 is 17.9 Å². The van der Waals surface area contributed by atoms with Gasteiger partial charge >= 0.3 is 0 Å². The van der Waals surface area contributed by atoms with Crippen molar-refractivity contribution in [3.05, 3.63) is 34.3 Å². The molecule has 0 radical (unpaired) electrons. The van der Waals surface area contributed by atoms with Crippen LogP contribution in [-0.4, -0.2) is 6.29 Å². The second-order valence-electron chi connectivity index (χ2n) is 2.40. The van der Waals surface area contributed by atoms with Crippen molar-refractivity contribution in [2.24, 2.45) is 0 Å². The summed E-state index contributed by atoms with van der Waals surface area (Å²) in [7, 11) is 0. The Labute approximate surface area is 76.4 Å². The molecular formula is C10H7ClO. The lowest BCUT2D eigenvalue weighted by Gasteiger charge is -1.95. The summed E-state index contributed by atoms with van der Waals surface area (Å²) >= 11 is 5.77. The van der Waals surface area contributed by atoms with Crippen LogP contribution < -0.4 is 0 Å². The third-order valence-electron chi connectivity index (χ3n) is 1.32. The van der Waals surface area contributed by atoms with Gasteiger partial charge in [0.15, 0.2) is 6.29 Å². The first-order valence-corrected chi connectivity index (χ1v) is 3.82. The van der Waals surface area contributed by atoms with Crippen LogP contribution in [0.15, 0.2) is 18.2 Å². The third kappa shape index (κ3) is 2.41. The first-order valence-electron chi connectivity index (χ1n) is 3.45. The van der Waals surface area contributed by atoms with E-state index in [0.29, 0.717) is 11.3 Å². The Bertz CT molecular complexity index is 338. The molecule has 0 amide bonds. The minimum absolute atomic E-state index is 0.566. The maximum absolute atomic E-state index is 9.94. The monoisotopic (exact) mass is 178 g/mol. The fourth-order valence-electron chi connectivity index (χ4n) is 0.921. The number of carbonyl (C=O) groups is 1. The van der Waals surface area contributed by atoms with Crippen LogP contribution >= 0.6 is 11.6 Å². The largest absolute Gasteiger partial charge is 0.289 e. The molecule has 0 atom stereocenters. The average Bonchev–Trinajstić information content (AvgIpc) is 1.99. The summed E-state index contributed by atoms with van der Waals surface area (Å²) in [6.07, 6.45) is 0.566. The lowest BCUT2D eigenvalue weighted by Crippen LogP contribution is -1.78. The van der Waals surface area contributed by atoms with Crippen LogP contribution in [-0.2, 0) is 4.79 Å². The number of hydrogen-bond acceptors (Lipinski definition) is 1. The number of rotatable bonds is 0. The first kappa shape index (κ1) is 8.83. The Morgan fingerprint density at radius 1 is 1.42 bits per heavy atom. The predicted octanol–water partition coefficient (Wildman–Crippen LogP) is 2.20. The van der Waals surface area contributed by atoms with Crippen molar-refractivity contribution in [2.75, 3.05) is 0 Å². The molecule has 0 bridgehead atoms. The van der Waals surface area contributed by atoms with E-state index in [1.807, 2.05) is 19.1 Å². The highest BCUT2D eigenvalue weighted by Crippen LogP contribution is 2.13. The number of benzene rings is 1. The van der Waals surface area contributed by atoms with Crippen LogP contribution in [0.2, 0.25) is 5.02 Å². The molecule has 0 saturated carbocycles. The molecule has 0 saturated heterocycles. The zero-order valence-electron chi connectivity index (χ0n) is 6.60. The highest BCUT2D eigenvalue weighted by atomic mass is 35.5. The maximum atomic E-state index is 9.94. The smallest absolute Gasteiger partial charge is 0.193 e. The SMILES string of the molecule is Cc1cc(Cl)cc(C#CC=O)c1. The summed E-state index contributed by atoms with van der Waals surface area (Å²) in [5.41, 5.74) is 1.81.